The fourth-order valence-electron chi connectivity index (χ4n) is 3.03. The largest absolute Gasteiger partial charge is 0.487 e. The number of benzene rings is 2. The van der Waals surface area contributed by atoms with Crippen LogP contribution in [0.2, 0.25) is 0 Å². The van der Waals surface area contributed by atoms with Crippen LogP contribution in [0.4, 0.5) is 8.78 Å². The highest BCUT2D eigenvalue weighted by Gasteiger charge is 2.15. The van der Waals surface area contributed by atoms with Crippen LogP contribution in [-0.2, 0) is 0 Å². The summed E-state index contributed by atoms with van der Waals surface area (Å²) in [6, 6.07) is 10.6. The van der Waals surface area contributed by atoms with Crippen LogP contribution >= 0.6 is 0 Å². The van der Waals surface area contributed by atoms with E-state index in [-0.39, 0.29) is 18.2 Å². The van der Waals surface area contributed by atoms with E-state index in [4.69, 9.17) is 4.74 Å². The Balaban J connectivity index is 1.51. The van der Waals surface area contributed by atoms with Gasteiger partial charge in [0.15, 0.2) is 5.84 Å². The molecule has 140 valence electrons. The average molecular weight is 376 g/mol. The zero-order valence-corrected chi connectivity index (χ0v) is 15.3. The van der Waals surface area contributed by atoms with Crippen molar-refractivity contribution >= 4 is 17.6 Å². The summed E-state index contributed by atoms with van der Waals surface area (Å²) >= 11 is 0. The number of fused-ring (bicyclic) bond motifs is 1. The van der Waals surface area contributed by atoms with Crippen molar-refractivity contribution in [1.82, 2.24) is 0 Å². The molecule has 3 nitrogen and oxygen atoms in total. The van der Waals surface area contributed by atoms with Crippen LogP contribution in [0.3, 0.4) is 0 Å². The van der Waals surface area contributed by atoms with Crippen molar-refractivity contribution in [3.05, 3.63) is 94.7 Å². The van der Waals surface area contributed by atoms with Crippen LogP contribution in [0.1, 0.15) is 17.5 Å². The summed E-state index contributed by atoms with van der Waals surface area (Å²) in [5.41, 5.74) is 4.39. The highest BCUT2D eigenvalue weighted by Crippen LogP contribution is 2.25. The maximum atomic E-state index is 13.6. The quantitative estimate of drug-likeness (QED) is 0.700. The van der Waals surface area contributed by atoms with Gasteiger partial charge in [0.05, 0.1) is 5.70 Å². The smallest absolute Gasteiger partial charge is 0.155 e. The Morgan fingerprint density at radius 2 is 1.79 bits per heavy atom. The SMILES string of the molecule is Cc1ccc(F)cc1C1=CC=C2CC=C(COc3ccc(F)cc3)N=C2N=C1. The lowest BCUT2D eigenvalue weighted by Crippen LogP contribution is -2.09. The predicted octanol–water partition coefficient (Wildman–Crippen LogP) is 5.43. The number of aliphatic imine (C=N–C) groups is 2. The van der Waals surface area contributed by atoms with Crippen molar-refractivity contribution in [2.75, 3.05) is 6.61 Å². The summed E-state index contributed by atoms with van der Waals surface area (Å²) in [5.74, 6) is 0.631. The molecule has 0 unspecified atom stereocenters. The zero-order chi connectivity index (χ0) is 19.5. The molecule has 28 heavy (non-hydrogen) atoms. The van der Waals surface area contributed by atoms with E-state index in [0.29, 0.717) is 18.0 Å². The maximum Gasteiger partial charge on any atom is 0.155 e. The lowest BCUT2D eigenvalue weighted by Gasteiger charge is -2.13. The molecule has 0 amide bonds. The van der Waals surface area contributed by atoms with Crippen molar-refractivity contribution in [2.24, 2.45) is 9.98 Å². The van der Waals surface area contributed by atoms with Crippen molar-refractivity contribution in [2.45, 2.75) is 13.3 Å². The Morgan fingerprint density at radius 3 is 2.61 bits per heavy atom. The number of hydrogen-bond donors (Lipinski definition) is 0. The first-order chi connectivity index (χ1) is 13.6. The van der Waals surface area contributed by atoms with Crippen LogP contribution in [0.25, 0.3) is 5.57 Å². The molecule has 0 atom stereocenters. The van der Waals surface area contributed by atoms with Crippen LogP contribution < -0.4 is 4.74 Å². The van der Waals surface area contributed by atoms with E-state index in [2.05, 4.69) is 9.98 Å². The van der Waals surface area contributed by atoms with Gasteiger partial charge in [-0.3, -0.25) is 0 Å². The molecule has 5 heteroatoms. The number of allylic oxidation sites excluding steroid dienone is 4. The van der Waals surface area contributed by atoms with E-state index in [1.165, 1.54) is 24.3 Å². The van der Waals surface area contributed by atoms with E-state index < -0.39 is 0 Å². The minimum absolute atomic E-state index is 0.275. The lowest BCUT2D eigenvalue weighted by atomic mass is 10.0. The first-order valence-corrected chi connectivity index (χ1v) is 8.96. The van der Waals surface area contributed by atoms with Crippen LogP contribution in [0, 0.1) is 18.6 Å². The number of halogens is 2. The van der Waals surface area contributed by atoms with Gasteiger partial charge in [0.2, 0.25) is 0 Å². The van der Waals surface area contributed by atoms with Gasteiger partial charge in [0.25, 0.3) is 0 Å². The summed E-state index contributed by atoms with van der Waals surface area (Å²) in [7, 11) is 0. The number of nitrogens with zero attached hydrogens (tertiary/aromatic N) is 2. The number of ether oxygens (including phenoxy) is 1. The Kier molecular flexibility index (Phi) is 4.98. The molecule has 2 aromatic carbocycles. The van der Waals surface area contributed by atoms with Gasteiger partial charge in [-0.15, -0.1) is 0 Å². The summed E-state index contributed by atoms with van der Waals surface area (Å²) in [5, 5.41) is 0. The van der Waals surface area contributed by atoms with Crippen LogP contribution in [0.5, 0.6) is 5.75 Å². The Hall–Kier alpha value is -3.34. The Bertz CT molecular complexity index is 1060. The number of aryl methyl sites for hydroxylation is 1. The standard InChI is InChI=1S/C23H18F2N2O/c1-15-2-6-19(25)12-22(15)17-4-3-16-5-9-20(27-23(16)26-13-17)14-28-21-10-7-18(24)8-11-21/h2-4,6-13H,5,14H2,1H3. The molecule has 0 bridgehead atoms. The zero-order valence-electron chi connectivity index (χ0n) is 15.3. The number of rotatable bonds is 4. The molecule has 4 rings (SSSR count). The molecular weight excluding hydrogens is 358 g/mol. The maximum absolute atomic E-state index is 13.6. The second kappa shape index (κ2) is 7.72. The summed E-state index contributed by atoms with van der Waals surface area (Å²) in [4.78, 5) is 9.08. The third-order valence-electron chi connectivity index (χ3n) is 4.60. The van der Waals surface area contributed by atoms with Gasteiger partial charge >= 0.3 is 0 Å². The molecule has 0 N–H and O–H groups in total. The second-order valence-electron chi connectivity index (χ2n) is 6.61. The molecule has 0 saturated carbocycles. The van der Waals surface area contributed by atoms with Gasteiger partial charge in [-0.25, -0.2) is 18.8 Å². The van der Waals surface area contributed by atoms with E-state index >= 15 is 0 Å². The molecule has 0 spiro atoms. The van der Waals surface area contributed by atoms with Gasteiger partial charge in [0, 0.05) is 17.4 Å². The summed E-state index contributed by atoms with van der Waals surface area (Å²) < 4.78 is 32.3. The molecule has 2 heterocycles. The normalized spacial score (nSPS) is 15.7. The number of amidine groups is 1. The van der Waals surface area contributed by atoms with Crippen molar-refractivity contribution in [3.63, 3.8) is 0 Å². The van der Waals surface area contributed by atoms with Crippen LogP contribution in [-0.4, -0.2) is 18.7 Å². The Morgan fingerprint density at radius 1 is 1.00 bits per heavy atom. The minimum Gasteiger partial charge on any atom is -0.487 e. The first kappa shape index (κ1) is 18.0. The molecule has 0 aromatic heterocycles. The topological polar surface area (TPSA) is 34.0 Å². The Labute approximate surface area is 162 Å². The molecule has 0 radical (unpaired) electrons. The average Bonchev–Trinajstić information content (AvgIpc) is 2.91. The van der Waals surface area contributed by atoms with Crippen molar-refractivity contribution in [1.29, 1.82) is 0 Å². The van der Waals surface area contributed by atoms with Gasteiger partial charge in [-0.1, -0.05) is 24.3 Å². The molecule has 0 fully saturated rings. The van der Waals surface area contributed by atoms with Crippen molar-refractivity contribution in [3.8, 4) is 5.75 Å². The highest BCUT2D eigenvalue weighted by atomic mass is 19.1. The third kappa shape index (κ3) is 3.98. The highest BCUT2D eigenvalue weighted by molar-refractivity contribution is 6.18. The lowest BCUT2D eigenvalue weighted by molar-refractivity contribution is 0.349. The third-order valence-corrected chi connectivity index (χ3v) is 4.60. The summed E-state index contributed by atoms with van der Waals surface area (Å²) in [6.07, 6.45) is 8.30. The molecule has 2 aliphatic rings. The molecular formula is C23H18F2N2O. The van der Waals surface area contributed by atoms with Gasteiger partial charge in [0.1, 0.15) is 24.0 Å². The molecule has 0 saturated heterocycles. The molecule has 2 aromatic rings. The fraction of sp³-hybridized carbons (Fsp3) is 0.130. The second-order valence-corrected chi connectivity index (χ2v) is 6.61. The first-order valence-electron chi connectivity index (χ1n) is 8.96. The minimum atomic E-state index is -0.302. The fourth-order valence-corrected chi connectivity index (χ4v) is 3.03. The van der Waals surface area contributed by atoms with E-state index in [0.717, 1.165) is 28.0 Å². The molecule has 2 aliphatic heterocycles. The summed E-state index contributed by atoms with van der Waals surface area (Å²) in [6.45, 7) is 2.22. The van der Waals surface area contributed by atoms with Gasteiger partial charge < -0.3 is 4.74 Å². The number of hydrogen-bond acceptors (Lipinski definition) is 3. The van der Waals surface area contributed by atoms with E-state index in [1.807, 2.05) is 25.2 Å². The molecule has 0 aliphatic carbocycles. The monoisotopic (exact) mass is 376 g/mol. The van der Waals surface area contributed by atoms with Gasteiger partial charge in [-0.2, -0.15) is 0 Å². The van der Waals surface area contributed by atoms with Crippen molar-refractivity contribution < 1.29 is 13.5 Å². The van der Waals surface area contributed by atoms with E-state index in [1.54, 1.807) is 24.4 Å². The predicted molar refractivity (Wildman–Crippen MR) is 108 cm³/mol. The van der Waals surface area contributed by atoms with Crippen LogP contribution in [0.15, 0.2) is 81.9 Å². The van der Waals surface area contributed by atoms with E-state index in [9.17, 15) is 8.78 Å². The van der Waals surface area contributed by atoms with Gasteiger partial charge in [-0.05, 0) is 60.9 Å².